The molecule has 0 bridgehead atoms. The third-order valence-electron chi connectivity index (χ3n) is 5.64. The first-order valence-corrected chi connectivity index (χ1v) is 11.0. The number of benzene rings is 2. The van der Waals surface area contributed by atoms with Crippen molar-refractivity contribution < 1.29 is 23.7 Å². The number of nitrogens with zero attached hydrogens (tertiary/aromatic N) is 2. The molecule has 2 aromatic carbocycles. The minimum atomic E-state index is -0.142. The second kappa shape index (κ2) is 12.0. The van der Waals surface area contributed by atoms with Crippen LogP contribution in [0, 0.1) is 0 Å². The molecule has 2 aromatic rings. The fourth-order valence-corrected chi connectivity index (χ4v) is 3.87. The summed E-state index contributed by atoms with van der Waals surface area (Å²) >= 11 is 0. The lowest BCUT2D eigenvalue weighted by Gasteiger charge is -2.36. The highest BCUT2D eigenvalue weighted by Crippen LogP contribution is 2.38. The molecule has 1 aliphatic rings. The van der Waals surface area contributed by atoms with Gasteiger partial charge in [-0.2, -0.15) is 0 Å². The van der Waals surface area contributed by atoms with Crippen molar-refractivity contribution in [2.75, 3.05) is 72.6 Å². The van der Waals surface area contributed by atoms with Gasteiger partial charge in [0, 0.05) is 45.3 Å². The van der Waals surface area contributed by atoms with Crippen LogP contribution in [0.1, 0.15) is 5.56 Å². The van der Waals surface area contributed by atoms with Crippen LogP contribution < -0.4 is 29.2 Å². The summed E-state index contributed by atoms with van der Waals surface area (Å²) in [6.45, 7) is 5.13. The van der Waals surface area contributed by atoms with E-state index in [0.717, 1.165) is 49.7 Å². The van der Waals surface area contributed by atoms with Crippen LogP contribution in [0.3, 0.4) is 0 Å². The van der Waals surface area contributed by atoms with Gasteiger partial charge in [0.1, 0.15) is 5.75 Å². The van der Waals surface area contributed by atoms with Crippen molar-refractivity contribution in [3.63, 3.8) is 0 Å². The number of methoxy groups -OCH3 is 4. The third kappa shape index (κ3) is 6.32. The Hall–Kier alpha value is -3.39. The summed E-state index contributed by atoms with van der Waals surface area (Å²) in [5, 5.41) is 2.95. The number of amides is 1. The van der Waals surface area contributed by atoms with Gasteiger partial charge in [-0.15, -0.1) is 0 Å². The van der Waals surface area contributed by atoms with Gasteiger partial charge in [-0.25, -0.2) is 0 Å². The van der Waals surface area contributed by atoms with E-state index in [1.807, 2.05) is 18.2 Å². The maximum atomic E-state index is 12.3. The highest BCUT2D eigenvalue weighted by atomic mass is 16.5. The molecule has 0 saturated carbocycles. The van der Waals surface area contributed by atoms with E-state index in [9.17, 15) is 4.79 Å². The number of nitrogens with one attached hydrogen (secondary N) is 1. The van der Waals surface area contributed by atoms with Crippen molar-refractivity contribution in [3.05, 3.63) is 48.0 Å². The van der Waals surface area contributed by atoms with E-state index in [2.05, 4.69) is 21.2 Å². The minimum Gasteiger partial charge on any atom is -0.495 e. The molecule has 0 radical (unpaired) electrons. The van der Waals surface area contributed by atoms with Gasteiger partial charge in [0.2, 0.25) is 11.7 Å². The number of hydrogen-bond donors (Lipinski definition) is 1. The lowest BCUT2D eigenvalue weighted by Crippen LogP contribution is -2.48. The molecule has 8 nitrogen and oxygen atoms in total. The van der Waals surface area contributed by atoms with Crippen molar-refractivity contribution in [2.24, 2.45) is 0 Å². The predicted octanol–water partition coefficient (Wildman–Crippen LogP) is 2.67. The summed E-state index contributed by atoms with van der Waals surface area (Å²) in [6, 6.07) is 11.7. The quantitative estimate of drug-likeness (QED) is 0.552. The molecule has 1 aliphatic heterocycles. The van der Waals surface area contributed by atoms with E-state index in [0.29, 0.717) is 23.8 Å². The Bertz CT molecular complexity index is 930. The lowest BCUT2D eigenvalue weighted by molar-refractivity contribution is -0.116. The number of piperazine rings is 1. The van der Waals surface area contributed by atoms with Crippen molar-refractivity contribution in [1.82, 2.24) is 10.2 Å². The van der Waals surface area contributed by atoms with Crippen LogP contribution >= 0.6 is 0 Å². The number of carbonyl (C=O) groups excluding carboxylic acids is 1. The highest BCUT2D eigenvalue weighted by molar-refractivity contribution is 5.91. The molecular formula is C25H33N3O5. The van der Waals surface area contributed by atoms with Crippen molar-refractivity contribution in [2.45, 2.75) is 0 Å². The SMILES string of the molecule is COc1ccccc1N1CCN(CCNC(=O)/C=C/c2cc(OC)c(OC)c(OC)c2)CC1. The fraction of sp³-hybridized carbons (Fsp3) is 0.400. The van der Waals surface area contributed by atoms with Gasteiger partial charge in [0.15, 0.2) is 11.5 Å². The molecule has 0 spiro atoms. The zero-order chi connectivity index (χ0) is 23.6. The highest BCUT2D eigenvalue weighted by Gasteiger charge is 2.19. The summed E-state index contributed by atoms with van der Waals surface area (Å²) in [5.41, 5.74) is 1.91. The monoisotopic (exact) mass is 455 g/mol. The average Bonchev–Trinajstić information content (AvgIpc) is 2.87. The third-order valence-corrected chi connectivity index (χ3v) is 5.64. The van der Waals surface area contributed by atoms with E-state index < -0.39 is 0 Å². The van der Waals surface area contributed by atoms with E-state index in [-0.39, 0.29) is 5.91 Å². The molecular weight excluding hydrogens is 422 g/mol. The molecule has 8 heteroatoms. The summed E-state index contributed by atoms with van der Waals surface area (Å²) in [5.74, 6) is 2.37. The molecule has 1 heterocycles. The second-order valence-corrected chi connectivity index (χ2v) is 7.58. The maximum Gasteiger partial charge on any atom is 0.244 e. The van der Waals surface area contributed by atoms with Gasteiger partial charge in [-0.3, -0.25) is 9.69 Å². The largest absolute Gasteiger partial charge is 0.495 e. The standard InChI is InChI=1S/C25H33N3O5/c1-30-21-8-6-5-7-20(21)28-15-13-27(14-16-28)12-11-26-24(29)10-9-19-17-22(31-2)25(33-4)23(18-19)32-3/h5-10,17-18H,11-16H2,1-4H3,(H,26,29)/b10-9+. The molecule has 1 fully saturated rings. The zero-order valence-corrected chi connectivity index (χ0v) is 19.8. The number of ether oxygens (including phenoxy) is 4. The lowest BCUT2D eigenvalue weighted by atomic mass is 10.1. The first kappa shape index (κ1) is 24.3. The van der Waals surface area contributed by atoms with E-state index in [4.69, 9.17) is 18.9 Å². The Morgan fingerprint density at radius 3 is 2.15 bits per heavy atom. The van der Waals surface area contributed by atoms with Crippen LogP contribution in [-0.2, 0) is 4.79 Å². The van der Waals surface area contributed by atoms with Gasteiger partial charge in [0.25, 0.3) is 0 Å². The summed E-state index contributed by atoms with van der Waals surface area (Å²) in [4.78, 5) is 17.0. The molecule has 0 aromatic heterocycles. The zero-order valence-electron chi connectivity index (χ0n) is 19.8. The van der Waals surface area contributed by atoms with E-state index in [1.165, 1.54) is 6.08 Å². The average molecular weight is 456 g/mol. The molecule has 3 rings (SSSR count). The molecule has 1 saturated heterocycles. The molecule has 1 amide bonds. The number of para-hydroxylation sites is 2. The first-order chi connectivity index (χ1) is 16.1. The number of carbonyl (C=O) groups is 1. The first-order valence-electron chi connectivity index (χ1n) is 11.0. The van der Waals surface area contributed by atoms with E-state index in [1.54, 1.807) is 46.6 Å². The summed E-state index contributed by atoms with van der Waals surface area (Å²) in [6.07, 6.45) is 3.24. The smallest absolute Gasteiger partial charge is 0.244 e. The Labute approximate surface area is 195 Å². The number of hydrogen-bond acceptors (Lipinski definition) is 7. The van der Waals surface area contributed by atoms with Gasteiger partial charge in [0.05, 0.1) is 34.1 Å². The molecule has 33 heavy (non-hydrogen) atoms. The van der Waals surface area contributed by atoms with Gasteiger partial charge in [-0.05, 0) is 35.9 Å². The van der Waals surface area contributed by atoms with Crippen molar-refractivity contribution in [3.8, 4) is 23.0 Å². The van der Waals surface area contributed by atoms with Gasteiger partial charge >= 0.3 is 0 Å². The van der Waals surface area contributed by atoms with Crippen LogP contribution in [0.25, 0.3) is 6.08 Å². The summed E-state index contributed by atoms with van der Waals surface area (Å²) in [7, 11) is 6.39. The molecule has 0 aliphatic carbocycles. The van der Waals surface area contributed by atoms with E-state index >= 15 is 0 Å². The minimum absolute atomic E-state index is 0.142. The van der Waals surface area contributed by atoms with Crippen molar-refractivity contribution in [1.29, 1.82) is 0 Å². The Morgan fingerprint density at radius 1 is 0.909 bits per heavy atom. The number of anilines is 1. The fourth-order valence-electron chi connectivity index (χ4n) is 3.87. The van der Waals surface area contributed by atoms with Gasteiger partial charge in [-0.1, -0.05) is 12.1 Å². The topological polar surface area (TPSA) is 72.5 Å². The Balaban J connectivity index is 1.45. The maximum absolute atomic E-state index is 12.3. The normalized spacial score (nSPS) is 14.2. The van der Waals surface area contributed by atoms with Crippen LogP contribution in [-0.4, -0.2) is 78.5 Å². The number of rotatable bonds is 10. The molecule has 0 atom stereocenters. The van der Waals surface area contributed by atoms with Crippen LogP contribution in [0.15, 0.2) is 42.5 Å². The van der Waals surface area contributed by atoms with Crippen LogP contribution in [0.5, 0.6) is 23.0 Å². The van der Waals surface area contributed by atoms with Crippen molar-refractivity contribution >= 4 is 17.7 Å². The molecule has 178 valence electrons. The van der Waals surface area contributed by atoms with Crippen LogP contribution in [0.4, 0.5) is 5.69 Å². The second-order valence-electron chi connectivity index (χ2n) is 7.58. The summed E-state index contributed by atoms with van der Waals surface area (Å²) < 4.78 is 21.5. The predicted molar refractivity (Wildman–Crippen MR) is 130 cm³/mol. The van der Waals surface area contributed by atoms with Gasteiger partial charge < -0.3 is 29.2 Å². The Kier molecular flexibility index (Phi) is 8.83. The Morgan fingerprint density at radius 2 is 1.55 bits per heavy atom. The molecule has 0 unspecified atom stereocenters. The van der Waals surface area contributed by atoms with Crippen LogP contribution in [0.2, 0.25) is 0 Å². The molecule has 1 N–H and O–H groups in total.